The highest BCUT2D eigenvalue weighted by atomic mass is 79.9. The van der Waals surface area contributed by atoms with Crippen molar-refractivity contribution in [3.05, 3.63) is 52.3 Å². The summed E-state index contributed by atoms with van der Waals surface area (Å²) in [6, 6.07) is 8.53. The van der Waals surface area contributed by atoms with Gasteiger partial charge in [-0.25, -0.2) is 9.18 Å². The van der Waals surface area contributed by atoms with Crippen molar-refractivity contribution in [2.24, 2.45) is 0 Å². The Labute approximate surface area is 151 Å². The Morgan fingerprint density at radius 1 is 1.12 bits per heavy atom. The van der Waals surface area contributed by atoms with Crippen LogP contribution < -0.4 is 14.8 Å². The molecule has 0 spiro atoms. The van der Waals surface area contributed by atoms with Crippen LogP contribution in [0.15, 0.2) is 40.9 Å². The third-order valence-corrected chi connectivity index (χ3v) is 3.97. The number of carbonyl (C=O) groups is 2. The number of fused-ring (bicyclic) bond motifs is 1. The van der Waals surface area contributed by atoms with Crippen LogP contribution in [0.3, 0.4) is 0 Å². The van der Waals surface area contributed by atoms with Crippen molar-refractivity contribution < 1.29 is 28.2 Å². The fourth-order valence-corrected chi connectivity index (χ4v) is 2.69. The molecule has 0 saturated carbocycles. The molecule has 1 N–H and O–H groups in total. The molecule has 0 bridgehead atoms. The molecule has 0 unspecified atom stereocenters. The van der Waals surface area contributed by atoms with E-state index in [0.717, 1.165) is 12.1 Å². The van der Waals surface area contributed by atoms with E-state index in [4.69, 9.17) is 14.2 Å². The van der Waals surface area contributed by atoms with Crippen LogP contribution in [0.1, 0.15) is 10.4 Å². The maximum atomic E-state index is 13.0. The first-order chi connectivity index (χ1) is 12.0. The molecule has 1 aliphatic rings. The number of halogens is 2. The van der Waals surface area contributed by atoms with Crippen molar-refractivity contribution in [3.8, 4) is 11.5 Å². The number of ether oxygens (including phenoxy) is 3. The smallest absolute Gasteiger partial charge is 0.339 e. The predicted octanol–water partition coefficient (Wildman–Crippen LogP) is 3.15. The van der Waals surface area contributed by atoms with Gasteiger partial charge in [-0.15, -0.1) is 0 Å². The minimum Gasteiger partial charge on any atom is -0.486 e. The maximum Gasteiger partial charge on any atom is 0.339 e. The van der Waals surface area contributed by atoms with Gasteiger partial charge in [0, 0.05) is 16.2 Å². The topological polar surface area (TPSA) is 73.9 Å². The van der Waals surface area contributed by atoms with Crippen molar-refractivity contribution in [1.82, 2.24) is 0 Å². The molecule has 1 aliphatic heterocycles. The zero-order valence-electron chi connectivity index (χ0n) is 12.9. The normalized spacial score (nSPS) is 12.4. The lowest BCUT2D eigenvalue weighted by Crippen LogP contribution is -2.21. The first-order valence-electron chi connectivity index (χ1n) is 7.34. The molecule has 1 heterocycles. The van der Waals surface area contributed by atoms with Crippen LogP contribution in [0.25, 0.3) is 0 Å². The molecule has 2 aromatic carbocycles. The zero-order valence-corrected chi connectivity index (χ0v) is 14.5. The number of hydrogen-bond donors (Lipinski definition) is 1. The van der Waals surface area contributed by atoms with Crippen LogP contribution in [0.4, 0.5) is 10.1 Å². The number of rotatable bonds is 4. The van der Waals surface area contributed by atoms with Crippen molar-refractivity contribution in [2.75, 3.05) is 25.1 Å². The summed E-state index contributed by atoms with van der Waals surface area (Å²) in [5.74, 6) is -0.583. The van der Waals surface area contributed by atoms with Gasteiger partial charge < -0.3 is 19.5 Å². The van der Waals surface area contributed by atoms with Crippen LogP contribution in [0.5, 0.6) is 11.5 Å². The summed E-state index contributed by atoms with van der Waals surface area (Å²) in [5.41, 5.74) is 0.627. The van der Waals surface area contributed by atoms with Gasteiger partial charge >= 0.3 is 5.97 Å². The van der Waals surface area contributed by atoms with Gasteiger partial charge in [-0.05, 0) is 46.3 Å². The Balaban J connectivity index is 1.56. The second kappa shape index (κ2) is 7.52. The summed E-state index contributed by atoms with van der Waals surface area (Å²) in [7, 11) is 0. The van der Waals surface area contributed by atoms with E-state index in [-0.39, 0.29) is 10.0 Å². The fourth-order valence-electron chi connectivity index (χ4n) is 2.18. The Kier molecular flexibility index (Phi) is 5.18. The Bertz CT molecular complexity index is 827. The monoisotopic (exact) mass is 409 g/mol. The summed E-state index contributed by atoms with van der Waals surface area (Å²) in [6.07, 6.45) is 0. The summed E-state index contributed by atoms with van der Waals surface area (Å²) in [4.78, 5) is 23.9. The number of esters is 1. The van der Waals surface area contributed by atoms with Crippen LogP contribution in [0.2, 0.25) is 0 Å². The molecular weight excluding hydrogens is 397 g/mol. The molecule has 0 saturated heterocycles. The number of amides is 1. The van der Waals surface area contributed by atoms with Crippen LogP contribution >= 0.6 is 15.9 Å². The average Bonchev–Trinajstić information content (AvgIpc) is 2.59. The third-order valence-electron chi connectivity index (χ3n) is 3.31. The van der Waals surface area contributed by atoms with Gasteiger partial charge in [-0.2, -0.15) is 0 Å². The molecule has 1 amide bonds. The lowest BCUT2D eigenvalue weighted by molar-refractivity contribution is -0.119. The van der Waals surface area contributed by atoms with Crippen LogP contribution in [-0.2, 0) is 9.53 Å². The third kappa shape index (κ3) is 4.27. The SMILES string of the molecule is O=C(COC(=O)c1ccc(F)cc1Br)Nc1ccc2c(c1)OCCO2. The Morgan fingerprint density at radius 3 is 2.64 bits per heavy atom. The standard InChI is InChI=1S/C17H13BrFNO5/c18-13-7-10(19)1-3-12(13)17(22)25-9-16(21)20-11-2-4-14-15(8-11)24-6-5-23-14/h1-4,7-8H,5-6,9H2,(H,20,21). The van der Waals surface area contributed by atoms with Crippen molar-refractivity contribution in [3.63, 3.8) is 0 Å². The molecule has 25 heavy (non-hydrogen) atoms. The molecule has 0 atom stereocenters. The molecule has 0 aliphatic carbocycles. The Hall–Kier alpha value is -2.61. The van der Waals surface area contributed by atoms with E-state index in [1.165, 1.54) is 6.07 Å². The second-order valence-corrected chi connectivity index (χ2v) is 5.96. The maximum absolute atomic E-state index is 13.0. The van der Waals surface area contributed by atoms with E-state index >= 15 is 0 Å². The lowest BCUT2D eigenvalue weighted by atomic mass is 10.2. The van der Waals surface area contributed by atoms with E-state index in [9.17, 15) is 14.0 Å². The van der Waals surface area contributed by atoms with E-state index in [1.54, 1.807) is 18.2 Å². The summed E-state index contributed by atoms with van der Waals surface area (Å²) in [5, 5.41) is 2.60. The summed E-state index contributed by atoms with van der Waals surface area (Å²) in [6.45, 7) is 0.444. The van der Waals surface area contributed by atoms with E-state index in [0.29, 0.717) is 30.4 Å². The van der Waals surface area contributed by atoms with Crippen molar-refractivity contribution >= 4 is 33.5 Å². The lowest BCUT2D eigenvalue weighted by Gasteiger charge is -2.19. The first-order valence-corrected chi connectivity index (χ1v) is 8.14. The highest BCUT2D eigenvalue weighted by Gasteiger charge is 2.16. The quantitative estimate of drug-likeness (QED) is 0.785. The molecule has 0 fully saturated rings. The molecule has 0 aromatic heterocycles. The molecule has 130 valence electrons. The van der Waals surface area contributed by atoms with E-state index in [1.807, 2.05) is 0 Å². The predicted molar refractivity (Wildman–Crippen MR) is 90.4 cm³/mol. The van der Waals surface area contributed by atoms with Crippen LogP contribution in [0, 0.1) is 5.82 Å². The highest BCUT2D eigenvalue weighted by molar-refractivity contribution is 9.10. The number of hydrogen-bond acceptors (Lipinski definition) is 5. The molecular formula is C17H13BrFNO5. The summed E-state index contributed by atoms with van der Waals surface area (Å²) < 4.78 is 29.0. The van der Waals surface area contributed by atoms with Gasteiger partial charge in [0.25, 0.3) is 5.91 Å². The molecule has 2 aromatic rings. The van der Waals surface area contributed by atoms with Gasteiger partial charge in [0.1, 0.15) is 19.0 Å². The van der Waals surface area contributed by atoms with Gasteiger partial charge in [0.15, 0.2) is 18.1 Å². The first kappa shape index (κ1) is 17.2. The molecule has 0 radical (unpaired) electrons. The number of carbonyl (C=O) groups excluding carboxylic acids is 2. The zero-order chi connectivity index (χ0) is 17.8. The molecule has 3 rings (SSSR count). The Morgan fingerprint density at radius 2 is 1.88 bits per heavy atom. The van der Waals surface area contributed by atoms with E-state index in [2.05, 4.69) is 21.2 Å². The van der Waals surface area contributed by atoms with Gasteiger partial charge in [0.2, 0.25) is 0 Å². The second-order valence-electron chi connectivity index (χ2n) is 5.11. The van der Waals surface area contributed by atoms with Crippen molar-refractivity contribution in [2.45, 2.75) is 0 Å². The van der Waals surface area contributed by atoms with Gasteiger partial charge in [-0.1, -0.05) is 0 Å². The molecule has 8 heteroatoms. The number of anilines is 1. The summed E-state index contributed by atoms with van der Waals surface area (Å²) >= 11 is 3.08. The molecule has 6 nitrogen and oxygen atoms in total. The average molecular weight is 410 g/mol. The van der Waals surface area contributed by atoms with Crippen molar-refractivity contribution in [1.29, 1.82) is 0 Å². The number of benzene rings is 2. The largest absolute Gasteiger partial charge is 0.486 e. The highest BCUT2D eigenvalue weighted by Crippen LogP contribution is 2.32. The minimum atomic E-state index is -0.732. The van der Waals surface area contributed by atoms with Gasteiger partial charge in [-0.3, -0.25) is 4.79 Å². The number of nitrogens with one attached hydrogen (secondary N) is 1. The van der Waals surface area contributed by atoms with E-state index < -0.39 is 24.3 Å². The van der Waals surface area contributed by atoms with Gasteiger partial charge in [0.05, 0.1) is 5.56 Å². The minimum absolute atomic E-state index is 0.133. The fraction of sp³-hybridized carbons (Fsp3) is 0.176. The van der Waals surface area contributed by atoms with Crippen LogP contribution in [-0.4, -0.2) is 31.7 Å².